The van der Waals surface area contributed by atoms with Crippen LogP contribution in [-0.2, 0) is 9.53 Å². The number of nitrogens with one attached hydrogen (secondary N) is 1. The van der Waals surface area contributed by atoms with Gasteiger partial charge >= 0.3 is 0 Å². The molecule has 2 rings (SSSR count). The summed E-state index contributed by atoms with van der Waals surface area (Å²) in [5.41, 5.74) is 0. The van der Waals surface area contributed by atoms with Crippen molar-refractivity contribution in [1.29, 1.82) is 0 Å². The number of likely N-dealkylation sites (tertiary alicyclic amines) is 1. The number of carbonyl (C=O) groups is 1. The van der Waals surface area contributed by atoms with Crippen molar-refractivity contribution in [2.45, 2.75) is 31.3 Å². The van der Waals surface area contributed by atoms with E-state index in [1.54, 1.807) is 0 Å². The second-order valence-corrected chi connectivity index (χ2v) is 5.58. The number of likely N-dealkylation sites (N-methyl/N-ethyl adjacent to an activating group) is 1. The number of rotatable bonds is 4. The van der Waals surface area contributed by atoms with Gasteiger partial charge in [0.25, 0.3) is 0 Å². The van der Waals surface area contributed by atoms with Crippen molar-refractivity contribution in [3.05, 3.63) is 0 Å². The molecular weight excluding hydrogens is 230 g/mol. The standard InChI is InChI=1S/C13H25N3O2/c1-15(2)9-12-4-3-6-16(12)13(17)8-11-10-18-7-5-14-11/h11-12,14H,3-10H2,1-2H3. The van der Waals surface area contributed by atoms with Gasteiger partial charge in [0, 0.05) is 38.1 Å². The predicted octanol–water partition coefficient (Wildman–Crippen LogP) is -0.0825. The van der Waals surface area contributed by atoms with E-state index >= 15 is 0 Å². The fourth-order valence-corrected chi connectivity index (χ4v) is 2.85. The molecule has 2 saturated heterocycles. The van der Waals surface area contributed by atoms with Crippen LogP contribution < -0.4 is 5.32 Å². The second kappa shape index (κ2) is 6.50. The molecule has 2 unspecified atom stereocenters. The highest BCUT2D eigenvalue weighted by Gasteiger charge is 2.30. The molecule has 1 amide bonds. The lowest BCUT2D eigenvalue weighted by Crippen LogP contribution is -2.47. The summed E-state index contributed by atoms with van der Waals surface area (Å²) in [6.45, 7) is 4.18. The molecule has 0 spiro atoms. The maximum atomic E-state index is 12.3. The summed E-state index contributed by atoms with van der Waals surface area (Å²) < 4.78 is 5.40. The molecule has 1 N–H and O–H groups in total. The Morgan fingerprint density at radius 2 is 2.33 bits per heavy atom. The number of morpholine rings is 1. The van der Waals surface area contributed by atoms with Crippen molar-refractivity contribution < 1.29 is 9.53 Å². The van der Waals surface area contributed by atoms with Crippen LogP contribution in [0, 0.1) is 0 Å². The van der Waals surface area contributed by atoms with Gasteiger partial charge in [0.2, 0.25) is 5.91 Å². The van der Waals surface area contributed by atoms with Crippen molar-refractivity contribution in [2.24, 2.45) is 0 Å². The molecule has 0 radical (unpaired) electrons. The van der Waals surface area contributed by atoms with Crippen LogP contribution in [0.15, 0.2) is 0 Å². The molecule has 2 heterocycles. The first-order valence-corrected chi connectivity index (χ1v) is 6.92. The van der Waals surface area contributed by atoms with Crippen molar-refractivity contribution in [3.63, 3.8) is 0 Å². The van der Waals surface area contributed by atoms with Gasteiger partial charge < -0.3 is 19.9 Å². The van der Waals surface area contributed by atoms with Gasteiger partial charge in [0.15, 0.2) is 0 Å². The van der Waals surface area contributed by atoms with Gasteiger partial charge in [-0.2, -0.15) is 0 Å². The SMILES string of the molecule is CN(C)CC1CCCN1C(=O)CC1COCCN1. The van der Waals surface area contributed by atoms with Crippen LogP contribution in [0.25, 0.3) is 0 Å². The minimum absolute atomic E-state index is 0.201. The smallest absolute Gasteiger partial charge is 0.224 e. The molecule has 0 saturated carbocycles. The second-order valence-electron chi connectivity index (χ2n) is 5.58. The van der Waals surface area contributed by atoms with E-state index in [4.69, 9.17) is 4.74 Å². The molecule has 5 heteroatoms. The average Bonchev–Trinajstić information content (AvgIpc) is 2.77. The van der Waals surface area contributed by atoms with E-state index in [1.807, 2.05) is 0 Å². The van der Waals surface area contributed by atoms with Gasteiger partial charge in [-0.1, -0.05) is 0 Å². The number of hydrogen-bond donors (Lipinski definition) is 1. The van der Waals surface area contributed by atoms with Crippen LogP contribution in [-0.4, -0.2) is 74.7 Å². The maximum absolute atomic E-state index is 12.3. The summed E-state index contributed by atoms with van der Waals surface area (Å²) in [5, 5.41) is 3.35. The molecule has 5 nitrogen and oxygen atoms in total. The number of nitrogens with zero attached hydrogens (tertiary/aromatic N) is 2. The van der Waals surface area contributed by atoms with Crippen molar-refractivity contribution in [3.8, 4) is 0 Å². The van der Waals surface area contributed by atoms with E-state index < -0.39 is 0 Å². The Bertz CT molecular complexity index is 277. The highest BCUT2D eigenvalue weighted by molar-refractivity contribution is 5.77. The van der Waals surface area contributed by atoms with E-state index in [1.165, 1.54) is 0 Å². The first kappa shape index (κ1) is 13.8. The molecule has 2 aliphatic rings. The minimum atomic E-state index is 0.201. The largest absolute Gasteiger partial charge is 0.378 e. The molecule has 0 aliphatic carbocycles. The molecule has 0 aromatic rings. The Labute approximate surface area is 109 Å². The van der Waals surface area contributed by atoms with Gasteiger partial charge in [-0.05, 0) is 26.9 Å². The molecule has 0 bridgehead atoms. The molecule has 18 heavy (non-hydrogen) atoms. The third kappa shape index (κ3) is 3.67. The van der Waals surface area contributed by atoms with Gasteiger partial charge in [-0.3, -0.25) is 4.79 Å². The van der Waals surface area contributed by atoms with E-state index in [0.717, 1.165) is 39.1 Å². The summed E-state index contributed by atoms with van der Waals surface area (Å²) in [6.07, 6.45) is 2.85. The third-order valence-corrected chi connectivity index (χ3v) is 3.69. The first-order chi connectivity index (χ1) is 8.66. The van der Waals surface area contributed by atoms with Crippen molar-refractivity contribution in [1.82, 2.24) is 15.1 Å². The topological polar surface area (TPSA) is 44.8 Å². The highest BCUT2D eigenvalue weighted by atomic mass is 16.5. The zero-order chi connectivity index (χ0) is 13.0. The van der Waals surface area contributed by atoms with Gasteiger partial charge in [0.1, 0.15) is 0 Å². The van der Waals surface area contributed by atoms with Crippen LogP contribution in [0.4, 0.5) is 0 Å². The number of amides is 1. The fraction of sp³-hybridized carbons (Fsp3) is 0.923. The van der Waals surface area contributed by atoms with Crippen molar-refractivity contribution in [2.75, 3.05) is 46.9 Å². The van der Waals surface area contributed by atoms with E-state index in [2.05, 4.69) is 29.2 Å². The summed E-state index contributed by atoms with van der Waals surface area (Å²) in [4.78, 5) is 16.5. The van der Waals surface area contributed by atoms with Gasteiger partial charge in [-0.25, -0.2) is 0 Å². The summed E-state index contributed by atoms with van der Waals surface area (Å²) in [6, 6.07) is 0.601. The minimum Gasteiger partial charge on any atom is -0.378 e. The first-order valence-electron chi connectivity index (χ1n) is 6.92. The Morgan fingerprint density at radius 3 is 3.00 bits per heavy atom. The predicted molar refractivity (Wildman–Crippen MR) is 70.5 cm³/mol. The normalized spacial score (nSPS) is 28.9. The van der Waals surface area contributed by atoms with Crippen LogP contribution in [0.2, 0.25) is 0 Å². The Kier molecular flexibility index (Phi) is 4.97. The lowest BCUT2D eigenvalue weighted by Gasteiger charge is -2.30. The van der Waals surface area contributed by atoms with E-state index in [-0.39, 0.29) is 11.9 Å². The van der Waals surface area contributed by atoms with Crippen LogP contribution in [0.3, 0.4) is 0 Å². The number of hydrogen-bond acceptors (Lipinski definition) is 4. The Hall–Kier alpha value is -0.650. The monoisotopic (exact) mass is 255 g/mol. The average molecular weight is 255 g/mol. The molecule has 2 fully saturated rings. The molecule has 104 valence electrons. The summed E-state index contributed by atoms with van der Waals surface area (Å²) in [5.74, 6) is 0.280. The zero-order valence-electron chi connectivity index (χ0n) is 11.5. The van der Waals surface area contributed by atoms with Crippen LogP contribution in [0.1, 0.15) is 19.3 Å². The lowest BCUT2D eigenvalue weighted by atomic mass is 10.1. The molecule has 2 atom stereocenters. The quantitative estimate of drug-likeness (QED) is 0.763. The summed E-state index contributed by atoms with van der Waals surface area (Å²) >= 11 is 0. The van der Waals surface area contributed by atoms with Gasteiger partial charge in [-0.15, -0.1) is 0 Å². The molecule has 0 aromatic carbocycles. The molecule has 2 aliphatic heterocycles. The maximum Gasteiger partial charge on any atom is 0.224 e. The Balaban J connectivity index is 1.83. The van der Waals surface area contributed by atoms with Gasteiger partial charge in [0.05, 0.1) is 13.2 Å². The zero-order valence-corrected chi connectivity index (χ0v) is 11.5. The van der Waals surface area contributed by atoms with Crippen molar-refractivity contribution >= 4 is 5.91 Å². The number of ether oxygens (including phenoxy) is 1. The van der Waals surface area contributed by atoms with Crippen LogP contribution >= 0.6 is 0 Å². The summed E-state index contributed by atoms with van der Waals surface area (Å²) in [7, 11) is 4.13. The van der Waals surface area contributed by atoms with Crippen LogP contribution in [0.5, 0.6) is 0 Å². The third-order valence-electron chi connectivity index (χ3n) is 3.69. The molecular formula is C13H25N3O2. The van der Waals surface area contributed by atoms with E-state index in [0.29, 0.717) is 19.1 Å². The van der Waals surface area contributed by atoms with E-state index in [9.17, 15) is 4.79 Å². The Morgan fingerprint density at radius 1 is 1.50 bits per heavy atom. The fourth-order valence-electron chi connectivity index (χ4n) is 2.85. The lowest BCUT2D eigenvalue weighted by molar-refractivity contribution is -0.133. The molecule has 0 aromatic heterocycles. The number of carbonyl (C=O) groups excluding carboxylic acids is 1. The highest BCUT2D eigenvalue weighted by Crippen LogP contribution is 2.19.